The number of nitrogens with zero attached hydrogens (tertiary/aromatic N) is 2. The van der Waals surface area contributed by atoms with Crippen LogP contribution in [0.1, 0.15) is 21.0 Å². The van der Waals surface area contributed by atoms with E-state index in [-0.39, 0.29) is 5.78 Å². The van der Waals surface area contributed by atoms with Gasteiger partial charge in [0.2, 0.25) is 0 Å². The van der Waals surface area contributed by atoms with Crippen LogP contribution in [0.5, 0.6) is 0 Å². The number of aryl methyl sites for hydroxylation is 1. The third-order valence-electron chi connectivity index (χ3n) is 3.49. The molecule has 2 heterocycles. The molecule has 0 spiro atoms. The molecule has 0 radical (unpaired) electrons. The number of ketones is 1. The molecule has 1 aliphatic rings. The van der Waals surface area contributed by atoms with E-state index < -0.39 is 0 Å². The molecular formula is C14H22N2OS. The van der Waals surface area contributed by atoms with Gasteiger partial charge in [0.05, 0.1) is 11.4 Å². The first-order valence-electron chi connectivity index (χ1n) is 6.51. The zero-order valence-corrected chi connectivity index (χ0v) is 12.3. The maximum atomic E-state index is 12.1. The molecule has 0 amide bonds. The minimum Gasteiger partial charge on any atom is -0.306 e. The van der Waals surface area contributed by atoms with Crippen LogP contribution in [-0.4, -0.2) is 55.9 Å². The van der Waals surface area contributed by atoms with Gasteiger partial charge in [0, 0.05) is 18.0 Å². The zero-order chi connectivity index (χ0) is 13.1. The average Bonchev–Trinajstić information content (AvgIpc) is 2.87. The van der Waals surface area contributed by atoms with Gasteiger partial charge in [0.25, 0.3) is 0 Å². The van der Waals surface area contributed by atoms with Gasteiger partial charge in [0.15, 0.2) is 5.78 Å². The number of rotatable bonds is 5. The fourth-order valence-corrected chi connectivity index (χ4v) is 3.39. The minimum absolute atomic E-state index is 0.252. The van der Waals surface area contributed by atoms with Gasteiger partial charge in [0.1, 0.15) is 0 Å². The SMILES string of the molecule is Cc1ccc(C(=O)CN(C)CC2CCN(C)C2)s1. The number of thiophene rings is 1. The van der Waals surface area contributed by atoms with Crippen LogP contribution in [0.25, 0.3) is 0 Å². The number of hydrogen-bond donors (Lipinski definition) is 0. The van der Waals surface area contributed by atoms with Crippen molar-refractivity contribution in [1.82, 2.24) is 9.80 Å². The lowest BCUT2D eigenvalue weighted by atomic mass is 10.1. The molecule has 0 aliphatic carbocycles. The highest BCUT2D eigenvalue weighted by molar-refractivity contribution is 7.14. The average molecular weight is 266 g/mol. The largest absolute Gasteiger partial charge is 0.306 e. The fraction of sp³-hybridized carbons (Fsp3) is 0.643. The van der Waals surface area contributed by atoms with E-state index in [0.717, 1.165) is 23.9 Å². The van der Waals surface area contributed by atoms with E-state index in [1.807, 2.05) is 19.1 Å². The Morgan fingerprint density at radius 3 is 2.89 bits per heavy atom. The number of likely N-dealkylation sites (tertiary alicyclic amines) is 1. The molecule has 1 unspecified atom stereocenters. The molecule has 1 aliphatic heterocycles. The van der Waals surface area contributed by atoms with Crippen LogP contribution in [0.2, 0.25) is 0 Å². The van der Waals surface area contributed by atoms with Gasteiger partial charge < -0.3 is 4.90 Å². The van der Waals surface area contributed by atoms with Crippen molar-refractivity contribution >= 4 is 17.1 Å². The Balaban J connectivity index is 1.80. The van der Waals surface area contributed by atoms with Gasteiger partial charge in [-0.05, 0) is 52.0 Å². The Bertz CT molecular complexity index is 416. The van der Waals surface area contributed by atoms with Crippen LogP contribution in [0.4, 0.5) is 0 Å². The molecule has 1 fully saturated rings. The van der Waals surface area contributed by atoms with E-state index in [9.17, 15) is 4.79 Å². The van der Waals surface area contributed by atoms with Crippen LogP contribution in [0, 0.1) is 12.8 Å². The number of carbonyl (C=O) groups is 1. The lowest BCUT2D eigenvalue weighted by Crippen LogP contribution is -2.31. The molecule has 18 heavy (non-hydrogen) atoms. The summed E-state index contributed by atoms with van der Waals surface area (Å²) in [7, 11) is 4.22. The number of carbonyl (C=O) groups excluding carboxylic acids is 1. The van der Waals surface area contributed by atoms with Gasteiger partial charge in [-0.2, -0.15) is 0 Å². The first-order valence-corrected chi connectivity index (χ1v) is 7.33. The zero-order valence-electron chi connectivity index (χ0n) is 11.5. The predicted molar refractivity (Wildman–Crippen MR) is 76.5 cm³/mol. The Morgan fingerprint density at radius 2 is 2.33 bits per heavy atom. The summed E-state index contributed by atoms with van der Waals surface area (Å²) in [5, 5.41) is 0. The van der Waals surface area contributed by atoms with Crippen molar-refractivity contribution in [3.05, 3.63) is 21.9 Å². The third kappa shape index (κ3) is 3.64. The maximum absolute atomic E-state index is 12.1. The second-order valence-corrected chi connectivity index (χ2v) is 6.74. The second-order valence-electron chi connectivity index (χ2n) is 5.45. The molecule has 1 aromatic rings. The Hall–Kier alpha value is -0.710. The standard InChI is InChI=1S/C14H22N2OS/c1-11-4-5-14(18-11)13(17)10-16(3)9-12-6-7-15(2)8-12/h4-5,12H,6-10H2,1-3H3. The highest BCUT2D eigenvalue weighted by Gasteiger charge is 2.21. The van der Waals surface area contributed by atoms with E-state index in [0.29, 0.717) is 6.54 Å². The number of hydrogen-bond acceptors (Lipinski definition) is 4. The van der Waals surface area contributed by atoms with Crippen molar-refractivity contribution in [2.24, 2.45) is 5.92 Å². The normalized spacial score (nSPS) is 20.8. The summed E-state index contributed by atoms with van der Waals surface area (Å²) in [6.07, 6.45) is 1.26. The molecule has 1 saturated heterocycles. The first kappa shape index (κ1) is 13.7. The molecule has 3 nitrogen and oxygen atoms in total. The van der Waals surface area contributed by atoms with Crippen molar-refractivity contribution in [3.63, 3.8) is 0 Å². The van der Waals surface area contributed by atoms with Crippen LogP contribution < -0.4 is 0 Å². The topological polar surface area (TPSA) is 23.6 Å². The molecule has 0 N–H and O–H groups in total. The van der Waals surface area contributed by atoms with Crippen LogP contribution in [0.3, 0.4) is 0 Å². The Kier molecular flexibility index (Phi) is 4.54. The second kappa shape index (κ2) is 5.95. The molecular weight excluding hydrogens is 244 g/mol. The molecule has 0 saturated carbocycles. The summed E-state index contributed by atoms with van der Waals surface area (Å²) in [6.45, 7) is 5.97. The van der Waals surface area contributed by atoms with Crippen molar-refractivity contribution in [1.29, 1.82) is 0 Å². The highest BCUT2D eigenvalue weighted by Crippen LogP contribution is 2.17. The van der Waals surface area contributed by atoms with Crippen molar-refractivity contribution < 1.29 is 4.79 Å². The van der Waals surface area contributed by atoms with E-state index in [1.54, 1.807) is 11.3 Å². The van der Waals surface area contributed by atoms with E-state index in [1.165, 1.54) is 17.8 Å². The molecule has 4 heteroatoms. The summed E-state index contributed by atoms with van der Waals surface area (Å²) in [5.74, 6) is 0.972. The van der Waals surface area contributed by atoms with Crippen molar-refractivity contribution in [2.75, 3.05) is 40.3 Å². The molecule has 100 valence electrons. The Labute approximate surface area is 113 Å². The molecule has 2 rings (SSSR count). The minimum atomic E-state index is 0.252. The van der Waals surface area contributed by atoms with E-state index >= 15 is 0 Å². The summed E-state index contributed by atoms with van der Waals surface area (Å²) in [6, 6.07) is 3.96. The van der Waals surface area contributed by atoms with Gasteiger partial charge in [-0.25, -0.2) is 0 Å². The third-order valence-corrected chi connectivity index (χ3v) is 4.53. The highest BCUT2D eigenvalue weighted by atomic mass is 32.1. The molecule has 0 aromatic carbocycles. The monoisotopic (exact) mass is 266 g/mol. The first-order chi connectivity index (χ1) is 8.54. The summed E-state index contributed by atoms with van der Waals surface area (Å²) in [5.41, 5.74) is 0. The molecule has 1 aromatic heterocycles. The van der Waals surface area contributed by atoms with E-state index in [4.69, 9.17) is 0 Å². The number of likely N-dealkylation sites (N-methyl/N-ethyl adjacent to an activating group) is 1. The summed E-state index contributed by atoms with van der Waals surface area (Å²) >= 11 is 1.60. The van der Waals surface area contributed by atoms with Gasteiger partial charge in [-0.1, -0.05) is 0 Å². The molecule has 0 bridgehead atoms. The van der Waals surface area contributed by atoms with Crippen molar-refractivity contribution in [3.8, 4) is 0 Å². The predicted octanol–water partition coefficient (Wildman–Crippen LogP) is 2.12. The van der Waals surface area contributed by atoms with Crippen molar-refractivity contribution in [2.45, 2.75) is 13.3 Å². The van der Waals surface area contributed by atoms with Gasteiger partial charge in [-0.15, -0.1) is 11.3 Å². The lowest BCUT2D eigenvalue weighted by Gasteiger charge is -2.19. The fourth-order valence-electron chi connectivity index (χ4n) is 2.59. The number of Topliss-reactive ketones (excluding diaryl/α,β-unsaturated/α-hetero) is 1. The molecule has 1 atom stereocenters. The lowest BCUT2D eigenvalue weighted by molar-refractivity contribution is 0.0942. The van der Waals surface area contributed by atoms with Gasteiger partial charge in [-0.3, -0.25) is 9.69 Å². The van der Waals surface area contributed by atoms with Gasteiger partial charge >= 0.3 is 0 Å². The van der Waals surface area contributed by atoms with Crippen LogP contribution >= 0.6 is 11.3 Å². The van der Waals surface area contributed by atoms with E-state index in [2.05, 4.69) is 23.9 Å². The quantitative estimate of drug-likeness (QED) is 0.763. The maximum Gasteiger partial charge on any atom is 0.186 e. The van der Waals surface area contributed by atoms with Crippen LogP contribution in [0.15, 0.2) is 12.1 Å². The smallest absolute Gasteiger partial charge is 0.186 e. The summed E-state index contributed by atoms with van der Waals surface area (Å²) < 4.78 is 0. The Morgan fingerprint density at radius 1 is 1.56 bits per heavy atom. The summed E-state index contributed by atoms with van der Waals surface area (Å²) in [4.78, 5) is 18.7. The van der Waals surface area contributed by atoms with Crippen LogP contribution in [-0.2, 0) is 0 Å².